The Morgan fingerprint density at radius 2 is 1.95 bits per heavy atom. The van der Waals surface area contributed by atoms with Crippen molar-refractivity contribution in [3.63, 3.8) is 0 Å². The first-order valence-corrected chi connectivity index (χ1v) is 8.09. The third-order valence-corrected chi connectivity index (χ3v) is 4.61. The summed E-state index contributed by atoms with van der Waals surface area (Å²) in [5, 5.41) is 8.18. The first-order valence-electron chi connectivity index (χ1n) is 6.29. The summed E-state index contributed by atoms with van der Waals surface area (Å²) in [7, 11) is 0. The predicted molar refractivity (Wildman–Crippen MR) is 81.3 cm³/mol. The lowest BCUT2D eigenvalue weighted by molar-refractivity contribution is 0.0525. The zero-order valence-corrected chi connectivity index (χ0v) is 13.3. The van der Waals surface area contributed by atoms with Crippen LogP contribution in [0.5, 0.6) is 0 Å². The van der Waals surface area contributed by atoms with Gasteiger partial charge < -0.3 is 4.74 Å². The molecule has 106 valence electrons. The fraction of sp³-hybridized carbons (Fsp3) is 0.357. The molecule has 6 heteroatoms. The molecular weight excluding hydrogens is 292 g/mol. The number of benzene rings is 1. The minimum absolute atomic E-state index is 0.315. The highest BCUT2D eigenvalue weighted by Gasteiger charge is 2.13. The summed E-state index contributed by atoms with van der Waals surface area (Å²) in [6.45, 7) is 6.30. The summed E-state index contributed by atoms with van der Waals surface area (Å²) in [6.07, 6.45) is 0. The number of carbonyl (C=O) groups excluding carboxylic acids is 1. The van der Waals surface area contributed by atoms with E-state index < -0.39 is 5.97 Å². The van der Waals surface area contributed by atoms with Gasteiger partial charge in [-0.25, -0.2) is 4.79 Å². The quantitative estimate of drug-likeness (QED) is 0.623. The topological polar surface area (TPSA) is 52.1 Å². The van der Waals surface area contributed by atoms with Gasteiger partial charge in [0.2, 0.25) is 5.01 Å². The van der Waals surface area contributed by atoms with Crippen LogP contribution in [0.3, 0.4) is 0 Å². The Bertz CT molecular complexity index is 591. The molecule has 4 nitrogen and oxygen atoms in total. The molecule has 1 aromatic carbocycles. The maximum atomic E-state index is 11.5. The van der Waals surface area contributed by atoms with Crippen molar-refractivity contribution >= 4 is 29.1 Å². The zero-order valence-electron chi connectivity index (χ0n) is 11.7. The Labute approximate surface area is 126 Å². The van der Waals surface area contributed by atoms with Crippen LogP contribution in [0.2, 0.25) is 0 Å². The molecule has 0 aliphatic carbocycles. The number of ether oxygens (including phenoxy) is 1. The lowest BCUT2D eigenvalue weighted by Crippen LogP contribution is -2.03. The SMILES string of the molecule is CCOC(=O)c1nnc(SCc2cc(C)cc(C)c2)s1. The third kappa shape index (κ3) is 4.05. The van der Waals surface area contributed by atoms with Crippen molar-refractivity contribution in [3.05, 3.63) is 39.9 Å². The van der Waals surface area contributed by atoms with E-state index in [0.717, 1.165) is 10.1 Å². The average molecular weight is 308 g/mol. The van der Waals surface area contributed by atoms with Crippen molar-refractivity contribution in [2.24, 2.45) is 0 Å². The molecule has 0 fully saturated rings. The summed E-state index contributed by atoms with van der Waals surface area (Å²) in [5.74, 6) is 0.420. The monoisotopic (exact) mass is 308 g/mol. The summed E-state index contributed by atoms with van der Waals surface area (Å²) in [4.78, 5) is 11.5. The van der Waals surface area contributed by atoms with E-state index >= 15 is 0 Å². The molecule has 0 aliphatic heterocycles. The molecule has 2 aromatic rings. The minimum Gasteiger partial charge on any atom is -0.461 e. The summed E-state index contributed by atoms with van der Waals surface area (Å²) < 4.78 is 5.68. The molecule has 20 heavy (non-hydrogen) atoms. The van der Waals surface area contributed by atoms with Crippen LogP contribution in [0.4, 0.5) is 0 Å². The van der Waals surface area contributed by atoms with E-state index in [0.29, 0.717) is 11.6 Å². The predicted octanol–water partition coefficient (Wildman–Crippen LogP) is 3.62. The second kappa shape index (κ2) is 6.85. The molecule has 0 N–H and O–H groups in total. The van der Waals surface area contributed by atoms with Gasteiger partial charge in [-0.2, -0.15) is 0 Å². The summed E-state index contributed by atoms with van der Waals surface area (Å²) >= 11 is 2.86. The number of nitrogens with zero attached hydrogens (tertiary/aromatic N) is 2. The van der Waals surface area contributed by atoms with Crippen molar-refractivity contribution in [3.8, 4) is 0 Å². The Hall–Kier alpha value is -1.40. The van der Waals surface area contributed by atoms with E-state index in [2.05, 4.69) is 42.2 Å². The minimum atomic E-state index is -0.400. The smallest absolute Gasteiger partial charge is 0.369 e. The van der Waals surface area contributed by atoms with Crippen molar-refractivity contribution in [1.82, 2.24) is 10.2 Å². The molecule has 0 bridgehead atoms. The molecule has 0 radical (unpaired) electrons. The molecule has 0 spiro atoms. The highest BCUT2D eigenvalue weighted by atomic mass is 32.2. The normalized spacial score (nSPS) is 10.6. The van der Waals surface area contributed by atoms with Gasteiger partial charge in [-0.15, -0.1) is 10.2 Å². The third-order valence-electron chi connectivity index (χ3n) is 2.50. The highest BCUT2D eigenvalue weighted by molar-refractivity contribution is 8.00. The van der Waals surface area contributed by atoms with Crippen LogP contribution >= 0.6 is 23.1 Å². The van der Waals surface area contributed by atoms with E-state index in [4.69, 9.17) is 4.74 Å². The van der Waals surface area contributed by atoms with Crippen LogP contribution in [0.25, 0.3) is 0 Å². The number of carbonyl (C=O) groups is 1. The molecule has 1 heterocycles. The van der Waals surface area contributed by atoms with Gasteiger partial charge in [0.25, 0.3) is 0 Å². The van der Waals surface area contributed by atoms with Gasteiger partial charge in [-0.05, 0) is 26.3 Å². The number of hydrogen-bond donors (Lipinski definition) is 0. The molecule has 0 aliphatic rings. The Morgan fingerprint density at radius 3 is 2.60 bits per heavy atom. The van der Waals surface area contributed by atoms with Crippen molar-refractivity contribution in [2.45, 2.75) is 30.9 Å². The summed E-state index contributed by atoms with van der Waals surface area (Å²) in [5.41, 5.74) is 3.76. The first-order chi connectivity index (χ1) is 9.58. The van der Waals surface area contributed by atoms with Crippen LogP contribution < -0.4 is 0 Å². The van der Waals surface area contributed by atoms with E-state index in [-0.39, 0.29) is 0 Å². The van der Waals surface area contributed by atoms with Gasteiger partial charge in [-0.3, -0.25) is 0 Å². The fourth-order valence-corrected chi connectivity index (χ4v) is 3.52. The Kier molecular flexibility index (Phi) is 5.14. The Morgan fingerprint density at radius 1 is 1.25 bits per heavy atom. The number of aromatic nitrogens is 2. The van der Waals surface area contributed by atoms with Gasteiger partial charge in [0, 0.05) is 5.75 Å². The fourth-order valence-electron chi connectivity index (χ4n) is 1.84. The standard InChI is InChI=1S/C14H16N2O2S2/c1-4-18-13(17)12-15-16-14(20-12)19-8-11-6-9(2)5-10(3)7-11/h5-7H,4,8H2,1-3H3. The maximum Gasteiger partial charge on any atom is 0.369 e. The van der Waals surface area contributed by atoms with E-state index in [9.17, 15) is 4.79 Å². The largest absolute Gasteiger partial charge is 0.461 e. The average Bonchev–Trinajstić information content (AvgIpc) is 2.84. The zero-order chi connectivity index (χ0) is 14.5. The summed E-state index contributed by atoms with van der Waals surface area (Å²) in [6, 6.07) is 6.47. The number of thioether (sulfide) groups is 1. The van der Waals surface area contributed by atoms with Crippen LogP contribution in [-0.4, -0.2) is 22.8 Å². The molecule has 0 saturated carbocycles. The molecular formula is C14H16N2O2S2. The number of aryl methyl sites for hydroxylation is 2. The molecule has 0 saturated heterocycles. The van der Waals surface area contributed by atoms with Crippen LogP contribution in [-0.2, 0) is 10.5 Å². The van der Waals surface area contributed by atoms with Crippen LogP contribution in [0, 0.1) is 13.8 Å². The molecule has 2 rings (SSSR count). The molecule has 0 unspecified atom stereocenters. The molecule has 0 amide bonds. The number of rotatable bonds is 5. The van der Waals surface area contributed by atoms with Crippen molar-refractivity contribution < 1.29 is 9.53 Å². The van der Waals surface area contributed by atoms with E-state index in [1.165, 1.54) is 28.0 Å². The van der Waals surface area contributed by atoms with Gasteiger partial charge in [0.15, 0.2) is 4.34 Å². The van der Waals surface area contributed by atoms with Gasteiger partial charge >= 0.3 is 5.97 Å². The second-order valence-corrected chi connectivity index (χ2v) is 6.58. The van der Waals surface area contributed by atoms with E-state index in [1.54, 1.807) is 18.7 Å². The van der Waals surface area contributed by atoms with Crippen molar-refractivity contribution in [2.75, 3.05) is 6.61 Å². The van der Waals surface area contributed by atoms with Crippen LogP contribution in [0.1, 0.15) is 33.4 Å². The lowest BCUT2D eigenvalue weighted by Gasteiger charge is -2.03. The molecule has 0 atom stereocenters. The lowest BCUT2D eigenvalue weighted by atomic mass is 10.1. The Balaban J connectivity index is 1.99. The molecule has 1 aromatic heterocycles. The number of esters is 1. The first kappa shape index (κ1) is 15.0. The van der Waals surface area contributed by atoms with Gasteiger partial charge in [-0.1, -0.05) is 52.4 Å². The van der Waals surface area contributed by atoms with Crippen molar-refractivity contribution in [1.29, 1.82) is 0 Å². The highest BCUT2D eigenvalue weighted by Crippen LogP contribution is 2.27. The van der Waals surface area contributed by atoms with Gasteiger partial charge in [0.05, 0.1) is 6.61 Å². The van der Waals surface area contributed by atoms with E-state index in [1.807, 2.05) is 0 Å². The van der Waals surface area contributed by atoms with Gasteiger partial charge in [0.1, 0.15) is 0 Å². The maximum absolute atomic E-state index is 11.5. The number of hydrogen-bond acceptors (Lipinski definition) is 6. The van der Waals surface area contributed by atoms with Crippen LogP contribution in [0.15, 0.2) is 22.5 Å². The second-order valence-electron chi connectivity index (χ2n) is 4.38.